The van der Waals surface area contributed by atoms with Crippen LogP contribution in [0.15, 0.2) is 18.2 Å². The monoisotopic (exact) mass is 251 g/mol. The number of phenolic OH excluding ortho intramolecular Hbond substituents is 1. The first-order valence-corrected chi connectivity index (χ1v) is 6.12. The summed E-state index contributed by atoms with van der Waals surface area (Å²) < 4.78 is 0. The molecule has 0 saturated heterocycles. The van der Waals surface area contributed by atoms with Crippen molar-refractivity contribution >= 4 is 11.6 Å². The summed E-state index contributed by atoms with van der Waals surface area (Å²) in [7, 11) is 2.01. The molecule has 0 radical (unpaired) electrons. The fourth-order valence-electron chi connectivity index (χ4n) is 1.67. The van der Waals surface area contributed by atoms with E-state index in [2.05, 4.69) is 17.7 Å². The minimum Gasteiger partial charge on any atom is -0.508 e. The van der Waals surface area contributed by atoms with Crippen LogP contribution in [0, 0.1) is 12.3 Å². The molecule has 1 N–H and O–H groups in total. The van der Waals surface area contributed by atoms with Crippen LogP contribution in [0.5, 0.6) is 5.75 Å². The van der Waals surface area contributed by atoms with E-state index in [1.54, 1.807) is 6.07 Å². The van der Waals surface area contributed by atoms with Crippen LogP contribution < -0.4 is 0 Å². The van der Waals surface area contributed by atoms with E-state index in [9.17, 15) is 5.11 Å². The van der Waals surface area contributed by atoms with Crippen LogP contribution in [-0.4, -0.2) is 29.6 Å². The number of rotatable bonds is 5. The van der Waals surface area contributed by atoms with E-state index in [1.165, 1.54) is 0 Å². The molecule has 0 aromatic heterocycles. The minimum absolute atomic E-state index is 0.258. The Labute approximate surface area is 108 Å². The van der Waals surface area contributed by atoms with E-state index in [0.29, 0.717) is 18.5 Å². The van der Waals surface area contributed by atoms with Gasteiger partial charge in [0.2, 0.25) is 0 Å². The Morgan fingerprint density at radius 2 is 2.24 bits per heavy atom. The molecule has 0 aliphatic rings. The summed E-state index contributed by atoms with van der Waals surface area (Å²) in [5.74, 6) is 3.22. The normalized spacial score (nSPS) is 12.4. The summed E-state index contributed by atoms with van der Waals surface area (Å²) in [4.78, 5) is 2.12. The molecule has 1 unspecified atom stereocenters. The molecule has 0 heterocycles. The highest BCUT2D eigenvalue weighted by Crippen LogP contribution is 2.21. The highest BCUT2D eigenvalue weighted by atomic mass is 35.5. The molecule has 1 atom stereocenters. The van der Waals surface area contributed by atoms with E-state index < -0.39 is 0 Å². The smallest absolute Gasteiger partial charge is 0.119 e. The first-order chi connectivity index (χ1) is 8.08. The summed E-state index contributed by atoms with van der Waals surface area (Å²) in [5, 5.41) is 9.54. The van der Waals surface area contributed by atoms with Gasteiger partial charge in [-0.25, -0.2) is 0 Å². The van der Waals surface area contributed by atoms with Crippen LogP contribution in [0.25, 0.3) is 0 Å². The van der Waals surface area contributed by atoms with Gasteiger partial charge >= 0.3 is 0 Å². The number of phenols is 1. The second-order valence-electron chi connectivity index (χ2n) is 4.27. The minimum atomic E-state index is 0.258. The highest BCUT2D eigenvalue weighted by Gasteiger charge is 2.10. The van der Waals surface area contributed by atoms with Crippen molar-refractivity contribution < 1.29 is 5.11 Å². The van der Waals surface area contributed by atoms with Gasteiger partial charge in [-0.1, -0.05) is 18.1 Å². The van der Waals surface area contributed by atoms with Crippen LogP contribution >= 0.6 is 11.6 Å². The third-order valence-electron chi connectivity index (χ3n) is 2.91. The fraction of sp³-hybridized carbons (Fsp3) is 0.429. The molecule has 0 amide bonds. The number of halogens is 1. The maximum Gasteiger partial charge on any atom is 0.119 e. The number of terminal acetylenes is 1. The lowest BCUT2D eigenvalue weighted by Crippen LogP contribution is -2.31. The average Bonchev–Trinajstić information content (AvgIpc) is 2.31. The maximum atomic E-state index is 9.54. The maximum absolute atomic E-state index is 9.54. The summed E-state index contributed by atoms with van der Waals surface area (Å²) in [6.45, 7) is 2.77. The second kappa shape index (κ2) is 6.54. The molecule has 0 bridgehead atoms. The quantitative estimate of drug-likeness (QED) is 0.642. The van der Waals surface area contributed by atoms with Gasteiger partial charge < -0.3 is 5.11 Å². The van der Waals surface area contributed by atoms with Crippen molar-refractivity contribution in [2.24, 2.45) is 0 Å². The van der Waals surface area contributed by atoms with Gasteiger partial charge in [-0.05, 0) is 32.0 Å². The van der Waals surface area contributed by atoms with Crippen LogP contribution in [0.2, 0.25) is 0 Å². The SMILES string of the molecule is C#CCN(C)C(C)Cc1ccc(O)c(CCl)c1. The molecule has 0 aliphatic carbocycles. The number of alkyl halides is 1. The van der Waals surface area contributed by atoms with Gasteiger partial charge in [-0.2, -0.15) is 0 Å². The standard InChI is InChI=1S/C14H18ClNO/c1-4-7-16(3)11(2)8-12-5-6-14(17)13(9-12)10-15/h1,5-6,9,11,17H,7-8,10H2,2-3H3. The second-order valence-corrected chi connectivity index (χ2v) is 4.54. The first-order valence-electron chi connectivity index (χ1n) is 5.59. The molecule has 0 saturated carbocycles. The lowest BCUT2D eigenvalue weighted by molar-refractivity contribution is 0.287. The number of benzene rings is 1. The molecule has 0 spiro atoms. The van der Waals surface area contributed by atoms with Gasteiger partial charge in [0.25, 0.3) is 0 Å². The molecule has 1 aromatic carbocycles. The van der Waals surface area contributed by atoms with Crippen molar-refractivity contribution in [2.75, 3.05) is 13.6 Å². The molecule has 0 fully saturated rings. The van der Waals surface area contributed by atoms with E-state index in [1.807, 2.05) is 19.2 Å². The zero-order valence-corrected chi connectivity index (χ0v) is 11.0. The van der Waals surface area contributed by atoms with E-state index >= 15 is 0 Å². The lowest BCUT2D eigenvalue weighted by Gasteiger charge is -2.22. The predicted octanol–water partition coefficient (Wildman–Crippen LogP) is 2.63. The van der Waals surface area contributed by atoms with Gasteiger partial charge in [0.15, 0.2) is 0 Å². The molecular weight excluding hydrogens is 234 g/mol. The zero-order chi connectivity index (χ0) is 12.8. The van der Waals surface area contributed by atoms with Crippen LogP contribution in [0.4, 0.5) is 0 Å². The van der Waals surface area contributed by atoms with Crippen molar-refractivity contribution in [1.82, 2.24) is 4.90 Å². The fourth-order valence-corrected chi connectivity index (χ4v) is 1.88. The number of hydrogen-bond acceptors (Lipinski definition) is 2. The number of nitrogens with zero attached hydrogens (tertiary/aromatic N) is 1. The van der Waals surface area contributed by atoms with Crippen molar-refractivity contribution in [3.63, 3.8) is 0 Å². The number of hydrogen-bond donors (Lipinski definition) is 1. The van der Waals surface area contributed by atoms with Gasteiger partial charge in [0, 0.05) is 11.6 Å². The van der Waals surface area contributed by atoms with Crippen molar-refractivity contribution in [2.45, 2.75) is 25.3 Å². The molecule has 0 aliphatic heterocycles. The predicted molar refractivity (Wildman–Crippen MR) is 72.3 cm³/mol. The summed E-state index contributed by atoms with van der Waals surface area (Å²) in [6, 6.07) is 5.92. The Hall–Kier alpha value is -1.17. The van der Waals surface area contributed by atoms with Crippen molar-refractivity contribution in [3.05, 3.63) is 29.3 Å². The molecular formula is C14H18ClNO. The molecule has 92 valence electrons. The topological polar surface area (TPSA) is 23.5 Å². The lowest BCUT2D eigenvalue weighted by atomic mass is 10.0. The van der Waals surface area contributed by atoms with Crippen molar-refractivity contribution in [1.29, 1.82) is 0 Å². The van der Waals surface area contributed by atoms with Gasteiger partial charge in [0.1, 0.15) is 5.75 Å². The zero-order valence-electron chi connectivity index (χ0n) is 10.3. The molecule has 17 heavy (non-hydrogen) atoms. The third-order valence-corrected chi connectivity index (χ3v) is 3.20. The molecule has 1 rings (SSSR count). The molecule has 3 heteroatoms. The Balaban J connectivity index is 2.72. The largest absolute Gasteiger partial charge is 0.508 e. The Bertz CT molecular complexity index is 411. The van der Waals surface area contributed by atoms with Gasteiger partial charge in [-0.15, -0.1) is 18.0 Å². The van der Waals surface area contributed by atoms with Crippen LogP contribution in [-0.2, 0) is 12.3 Å². The average molecular weight is 252 g/mol. The number of likely N-dealkylation sites (N-methyl/N-ethyl adjacent to an activating group) is 1. The van der Waals surface area contributed by atoms with E-state index in [0.717, 1.165) is 17.5 Å². The number of aromatic hydroxyl groups is 1. The Morgan fingerprint density at radius 1 is 1.53 bits per heavy atom. The highest BCUT2D eigenvalue weighted by molar-refractivity contribution is 6.17. The summed E-state index contributed by atoms with van der Waals surface area (Å²) >= 11 is 5.76. The Morgan fingerprint density at radius 3 is 2.82 bits per heavy atom. The Kier molecular flexibility index (Phi) is 5.34. The molecule has 1 aromatic rings. The first kappa shape index (κ1) is 13.9. The van der Waals surface area contributed by atoms with Crippen LogP contribution in [0.3, 0.4) is 0 Å². The van der Waals surface area contributed by atoms with Crippen LogP contribution in [0.1, 0.15) is 18.1 Å². The van der Waals surface area contributed by atoms with Gasteiger partial charge in [-0.3, -0.25) is 4.90 Å². The van der Waals surface area contributed by atoms with Gasteiger partial charge in [0.05, 0.1) is 12.4 Å². The molecule has 2 nitrogen and oxygen atoms in total. The van der Waals surface area contributed by atoms with Crippen molar-refractivity contribution in [3.8, 4) is 18.1 Å². The third kappa shape index (κ3) is 3.96. The van der Waals surface area contributed by atoms with E-state index in [-0.39, 0.29) is 5.75 Å². The van der Waals surface area contributed by atoms with E-state index in [4.69, 9.17) is 18.0 Å². The summed E-state index contributed by atoms with van der Waals surface area (Å²) in [6.07, 6.45) is 6.18. The summed E-state index contributed by atoms with van der Waals surface area (Å²) in [5.41, 5.74) is 1.94.